The van der Waals surface area contributed by atoms with Crippen LogP contribution in [0.15, 0.2) is 17.1 Å². The SMILES string of the molecule is Cc1ccc(NC2=NCCN2)c2c1NC(=O)CO2. The van der Waals surface area contributed by atoms with Gasteiger partial charge in [-0.1, -0.05) is 6.07 Å². The molecule has 0 fully saturated rings. The predicted octanol–water partition coefficient (Wildman–Crippen LogP) is 0.697. The number of hydrogen-bond donors (Lipinski definition) is 3. The molecule has 2 aliphatic rings. The van der Waals surface area contributed by atoms with Crippen molar-refractivity contribution in [2.45, 2.75) is 6.92 Å². The number of aliphatic imine (C=N–C) groups is 1. The van der Waals surface area contributed by atoms with E-state index < -0.39 is 0 Å². The van der Waals surface area contributed by atoms with Gasteiger partial charge in [0, 0.05) is 6.54 Å². The first-order valence-electron chi connectivity index (χ1n) is 5.85. The van der Waals surface area contributed by atoms with Gasteiger partial charge >= 0.3 is 0 Å². The van der Waals surface area contributed by atoms with Gasteiger partial charge in [0.25, 0.3) is 5.91 Å². The zero-order valence-corrected chi connectivity index (χ0v) is 10.0. The molecule has 0 spiro atoms. The first-order chi connectivity index (χ1) is 8.74. The van der Waals surface area contributed by atoms with E-state index in [9.17, 15) is 4.79 Å². The van der Waals surface area contributed by atoms with Gasteiger partial charge in [-0.25, -0.2) is 0 Å². The van der Waals surface area contributed by atoms with E-state index >= 15 is 0 Å². The lowest BCUT2D eigenvalue weighted by Gasteiger charge is -2.23. The van der Waals surface area contributed by atoms with Crippen molar-refractivity contribution in [1.82, 2.24) is 5.32 Å². The van der Waals surface area contributed by atoms with E-state index in [0.717, 1.165) is 36.0 Å². The fourth-order valence-corrected chi connectivity index (χ4v) is 2.01. The van der Waals surface area contributed by atoms with Gasteiger partial charge in [-0.2, -0.15) is 0 Å². The Hall–Kier alpha value is -2.24. The third-order valence-electron chi connectivity index (χ3n) is 2.91. The summed E-state index contributed by atoms with van der Waals surface area (Å²) in [6, 6.07) is 3.86. The number of aryl methyl sites for hydroxylation is 1. The van der Waals surface area contributed by atoms with E-state index in [2.05, 4.69) is 20.9 Å². The van der Waals surface area contributed by atoms with Gasteiger partial charge in [0.1, 0.15) is 0 Å². The van der Waals surface area contributed by atoms with Crippen LogP contribution in [0.5, 0.6) is 5.75 Å². The molecule has 1 aromatic carbocycles. The van der Waals surface area contributed by atoms with Crippen LogP contribution in [0.4, 0.5) is 11.4 Å². The highest BCUT2D eigenvalue weighted by atomic mass is 16.5. The summed E-state index contributed by atoms with van der Waals surface area (Å²) in [5.74, 6) is 1.28. The van der Waals surface area contributed by atoms with Crippen LogP contribution in [0.25, 0.3) is 0 Å². The average Bonchev–Trinajstić information content (AvgIpc) is 2.86. The number of rotatable bonds is 1. The number of nitrogens with one attached hydrogen (secondary N) is 3. The molecule has 18 heavy (non-hydrogen) atoms. The minimum atomic E-state index is -0.126. The Kier molecular flexibility index (Phi) is 2.55. The number of amides is 1. The maximum atomic E-state index is 11.3. The lowest BCUT2D eigenvalue weighted by atomic mass is 10.1. The molecule has 1 aromatic rings. The number of benzene rings is 1. The summed E-state index contributed by atoms with van der Waals surface area (Å²) in [7, 11) is 0. The Morgan fingerprint density at radius 2 is 2.33 bits per heavy atom. The molecule has 6 heteroatoms. The second kappa shape index (κ2) is 4.21. The van der Waals surface area contributed by atoms with Crippen LogP contribution >= 0.6 is 0 Å². The molecule has 0 atom stereocenters. The molecular formula is C12H14N4O2. The van der Waals surface area contributed by atoms with Crippen LogP contribution in [-0.4, -0.2) is 31.6 Å². The molecule has 94 valence electrons. The number of fused-ring (bicyclic) bond motifs is 1. The quantitative estimate of drug-likeness (QED) is 0.681. The number of nitrogens with zero attached hydrogens (tertiary/aromatic N) is 1. The van der Waals surface area contributed by atoms with Crippen molar-refractivity contribution in [1.29, 1.82) is 0 Å². The summed E-state index contributed by atoms with van der Waals surface area (Å²) in [5, 5.41) is 9.13. The fraction of sp³-hybridized carbons (Fsp3) is 0.333. The summed E-state index contributed by atoms with van der Waals surface area (Å²) in [6.45, 7) is 3.59. The first kappa shape index (κ1) is 10.9. The summed E-state index contributed by atoms with van der Waals surface area (Å²) >= 11 is 0. The Bertz CT molecular complexity index is 539. The van der Waals surface area contributed by atoms with E-state index in [-0.39, 0.29) is 12.5 Å². The number of guanidine groups is 1. The summed E-state index contributed by atoms with van der Waals surface area (Å²) < 4.78 is 5.50. The molecule has 6 nitrogen and oxygen atoms in total. The highest BCUT2D eigenvalue weighted by Gasteiger charge is 2.22. The predicted molar refractivity (Wildman–Crippen MR) is 69.2 cm³/mol. The Balaban J connectivity index is 1.95. The molecule has 0 aliphatic carbocycles. The second-order valence-electron chi connectivity index (χ2n) is 4.25. The maximum Gasteiger partial charge on any atom is 0.262 e. The molecule has 0 radical (unpaired) electrons. The van der Waals surface area contributed by atoms with Gasteiger partial charge in [0.2, 0.25) is 0 Å². The topological polar surface area (TPSA) is 74.8 Å². The van der Waals surface area contributed by atoms with E-state index in [0.29, 0.717) is 5.75 Å². The van der Waals surface area contributed by atoms with Gasteiger partial charge in [0.05, 0.1) is 17.9 Å². The first-order valence-corrected chi connectivity index (χ1v) is 5.85. The number of hydrogen-bond acceptors (Lipinski definition) is 5. The van der Waals surface area contributed by atoms with Crippen molar-refractivity contribution in [3.8, 4) is 5.75 Å². The molecule has 2 aliphatic heterocycles. The average molecular weight is 246 g/mol. The lowest BCUT2D eigenvalue weighted by Crippen LogP contribution is -2.29. The van der Waals surface area contributed by atoms with Crippen molar-refractivity contribution in [2.24, 2.45) is 4.99 Å². The van der Waals surface area contributed by atoms with E-state index in [1.165, 1.54) is 0 Å². The summed E-state index contributed by atoms with van der Waals surface area (Å²) in [4.78, 5) is 15.6. The highest BCUT2D eigenvalue weighted by Crippen LogP contribution is 2.38. The minimum Gasteiger partial charge on any atom is -0.479 e. The van der Waals surface area contributed by atoms with E-state index in [4.69, 9.17) is 4.74 Å². The second-order valence-corrected chi connectivity index (χ2v) is 4.25. The Morgan fingerprint density at radius 3 is 3.11 bits per heavy atom. The standard InChI is InChI=1S/C12H14N4O2/c1-7-2-3-8(15-12-13-4-5-14-12)11-10(7)16-9(17)6-18-11/h2-3H,4-6H2,1H3,(H,16,17)(H2,13,14,15). The largest absolute Gasteiger partial charge is 0.479 e. The van der Waals surface area contributed by atoms with Gasteiger partial charge < -0.3 is 20.7 Å². The molecule has 0 saturated heterocycles. The minimum absolute atomic E-state index is 0.0467. The molecule has 0 bridgehead atoms. The normalized spacial score (nSPS) is 17.2. The Labute approximate surface area is 104 Å². The van der Waals surface area contributed by atoms with Crippen LogP contribution in [0, 0.1) is 6.92 Å². The summed E-state index contributed by atoms with van der Waals surface area (Å²) in [6.07, 6.45) is 0. The van der Waals surface area contributed by atoms with Gasteiger partial charge in [0.15, 0.2) is 18.3 Å². The van der Waals surface area contributed by atoms with Crippen LogP contribution in [0.2, 0.25) is 0 Å². The zero-order valence-electron chi connectivity index (χ0n) is 10.0. The van der Waals surface area contributed by atoms with Crippen LogP contribution < -0.4 is 20.7 Å². The van der Waals surface area contributed by atoms with Gasteiger partial charge in [-0.15, -0.1) is 0 Å². The monoisotopic (exact) mass is 246 g/mol. The molecule has 0 aromatic heterocycles. The van der Waals surface area contributed by atoms with Crippen molar-refractivity contribution in [3.05, 3.63) is 17.7 Å². The highest BCUT2D eigenvalue weighted by molar-refractivity contribution is 6.01. The van der Waals surface area contributed by atoms with Crippen molar-refractivity contribution < 1.29 is 9.53 Å². The number of ether oxygens (including phenoxy) is 1. The maximum absolute atomic E-state index is 11.3. The zero-order chi connectivity index (χ0) is 12.5. The van der Waals surface area contributed by atoms with Crippen LogP contribution in [0.1, 0.15) is 5.56 Å². The molecule has 0 saturated carbocycles. The molecule has 3 N–H and O–H groups in total. The van der Waals surface area contributed by atoms with Crippen molar-refractivity contribution >= 4 is 23.2 Å². The molecule has 2 heterocycles. The van der Waals surface area contributed by atoms with E-state index in [1.54, 1.807) is 0 Å². The lowest BCUT2D eigenvalue weighted by molar-refractivity contribution is -0.118. The summed E-state index contributed by atoms with van der Waals surface area (Å²) in [5.41, 5.74) is 2.52. The molecule has 1 amide bonds. The molecule has 0 unspecified atom stereocenters. The van der Waals surface area contributed by atoms with Gasteiger partial charge in [-0.3, -0.25) is 9.79 Å². The number of carbonyl (C=O) groups excluding carboxylic acids is 1. The van der Waals surface area contributed by atoms with E-state index in [1.807, 2.05) is 19.1 Å². The molecular weight excluding hydrogens is 232 g/mol. The van der Waals surface area contributed by atoms with Crippen LogP contribution in [0.3, 0.4) is 0 Å². The number of carbonyl (C=O) groups is 1. The fourth-order valence-electron chi connectivity index (χ4n) is 2.01. The number of anilines is 2. The Morgan fingerprint density at radius 1 is 1.44 bits per heavy atom. The van der Waals surface area contributed by atoms with Crippen molar-refractivity contribution in [3.63, 3.8) is 0 Å². The smallest absolute Gasteiger partial charge is 0.262 e. The molecule has 3 rings (SSSR count). The van der Waals surface area contributed by atoms with Crippen LogP contribution in [-0.2, 0) is 4.79 Å². The van der Waals surface area contributed by atoms with Crippen molar-refractivity contribution in [2.75, 3.05) is 30.3 Å². The third kappa shape index (κ3) is 1.85. The third-order valence-corrected chi connectivity index (χ3v) is 2.91. The van der Waals surface area contributed by atoms with Gasteiger partial charge in [-0.05, 0) is 18.6 Å².